The zero-order valence-corrected chi connectivity index (χ0v) is 3.42. The third kappa shape index (κ3) is 1.06. The van der Waals surface area contributed by atoms with Crippen molar-refractivity contribution in [2.24, 2.45) is 0 Å². The van der Waals surface area contributed by atoms with Gasteiger partial charge in [0.15, 0.2) is 0 Å². The van der Waals surface area contributed by atoms with Crippen LogP contribution in [-0.2, 0) is 0 Å². The molecule has 42 valence electrons. The molecule has 1 aliphatic rings. The number of halogens is 3. The summed E-state index contributed by atoms with van der Waals surface area (Å²) in [7, 11) is 0. The Morgan fingerprint density at radius 1 is 1.43 bits per heavy atom. The molecule has 0 radical (unpaired) electrons. The lowest BCUT2D eigenvalue weighted by Crippen LogP contribution is -2.18. The van der Waals surface area contributed by atoms with Crippen molar-refractivity contribution in [3.63, 3.8) is 0 Å². The van der Waals surface area contributed by atoms with Gasteiger partial charge in [-0.1, -0.05) is 0 Å². The van der Waals surface area contributed by atoms with Crippen LogP contribution in [0.3, 0.4) is 0 Å². The van der Waals surface area contributed by atoms with E-state index < -0.39 is 12.2 Å². The van der Waals surface area contributed by atoms with E-state index in [-0.39, 0.29) is 6.54 Å². The van der Waals surface area contributed by atoms with E-state index in [9.17, 15) is 13.2 Å². The van der Waals surface area contributed by atoms with Gasteiger partial charge in [0.25, 0.3) is 0 Å². The summed E-state index contributed by atoms with van der Waals surface area (Å²) in [5.74, 6) is 0. The van der Waals surface area contributed by atoms with Crippen molar-refractivity contribution in [2.45, 2.75) is 12.2 Å². The highest BCUT2D eigenvalue weighted by atomic mass is 19.4. The van der Waals surface area contributed by atoms with Gasteiger partial charge in [-0.3, -0.25) is 0 Å². The summed E-state index contributed by atoms with van der Waals surface area (Å²) in [6.45, 7) is 0.101. The molecule has 1 rings (SSSR count). The molecule has 0 spiro atoms. The summed E-state index contributed by atoms with van der Waals surface area (Å²) in [4.78, 5) is 0. The van der Waals surface area contributed by atoms with E-state index in [0.29, 0.717) is 0 Å². The van der Waals surface area contributed by atoms with Gasteiger partial charge in [-0.25, -0.2) is 0 Å². The maximum absolute atomic E-state index is 11.2. The van der Waals surface area contributed by atoms with E-state index >= 15 is 0 Å². The fourth-order valence-corrected chi connectivity index (χ4v) is 0.290. The van der Waals surface area contributed by atoms with E-state index in [1.165, 1.54) is 0 Å². The lowest BCUT2D eigenvalue weighted by atomic mass is 10.5. The summed E-state index contributed by atoms with van der Waals surface area (Å²) in [5.41, 5.74) is 0. The van der Waals surface area contributed by atoms with Crippen molar-refractivity contribution in [3.8, 4) is 0 Å². The van der Waals surface area contributed by atoms with Crippen LogP contribution in [0.5, 0.6) is 0 Å². The number of rotatable bonds is 0. The average Bonchev–Trinajstić information content (AvgIpc) is 1.99. The molecule has 1 heterocycles. The molecule has 4 heteroatoms. The second kappa shape index (κ2) is 1.12. The summed E-state index contributed by atoms with van der Waals surface area (Å²) >= 11 is 0. The molecule has 0 amide bonds. The molecule has 1 saturated heterocycles. The van der Waals surface area contributed by atoms with Gasteiger partial charge in [-0.05, 0) is 0 Å². The molecule has 0 bridgehead atoms. The van der Waals surface area contributed by atoms with Gasteiger partial charge in [0.05, 0.1) is 0 Å². The smallest absolute Gasteiger partial charge is 0.303 e. The van der Waals surface area contributed by atoms with E-state index in [1.54, 1.807) is 0 Å². The molecule has 7 heavy (non-hydrogen) atoms. The molecule has 0 aromatic carbocycles. The van der Waals surface area contributed by atoms with Crippen molar-refractivity contribution in [2.75, 3.05) is 6.54 Å². The Bertz CT molecular complexity index is 72.7. The molecule has 1 aliphatic heterocycles. The van der Waals surface area contributed by atoms with Crippen LogP contribution in [0.4, 0.5) is 13.2 Å². The summed E-state index contributed by atoms with van der Waals surface area (Å²) in [6.07, 6.45) is -4.00. The first kappa shape index (κ1) is 4.90. The highest BCUT2D eigenvalue weighted by molar-refractivity contribution is 4.89. The van der Waals surface area contributed by atoms with Gasteiger partial charge in [0, 0.05) is 6.54 Å². The minimum atomic E-state index is -4.00. The standard InChI is InChI=1S/C3H4F3N/c4-3(5,6)2-1-7-2/h2,7H,1H2. The molecular formula is C3H4F3N. The van der Waals surface area contributed by atoms with E-state index in [4.69, 9.17) is 0 Å². The van der Waals surface area contributed by atoms with Crippen LogP contribution in [0.2, 0.25) is 0 Å². The van der Waals surface area contributed by atoms with E-state index in [2.05, 4.69) is 5.32 Å². The third-order valence-corrected chi connectivity index (χ3v) is 0.803. The largest absolute Gasteiger partial charge is 0.405 e. The summed E-state index contributed by atoms with van der Waals surface area (Å²) in [6, 6.07) is -1.20. The van der Waals surface area contributed by atoms with Crippen molar-refractivity contribution < 1.29 is 13.2 Å². The molecule has 0 saturated carbocycles. The number of hydrogen-bond acceptors (Lipinski definition) is 1. The Hall–Kier alpha value is -0.250. The van der Waals surface area contributed by atoms with Crippen LogP contribution in [0.15, 0.2) is 0 Å². The predicted octanol–water partition coefficient (Wildman–Crippen LogP) is 0.520. The first-order valence-corrected chi connectivity index (χ1v) is 1.91. The third-order valence-electron chi connectivity index (χ3n) is 0.803. The Kier molecular flexibility index (Phi) is 0.786. The monoisotopic (exact) mass is 111 g/mol. The topological polar surface area (TPSA) is 21.9 Å². The fraction of sp³-hybridized carbons (Fsp3) is 1.00. The maximum atomic E-state index is 11.2. The van der Waals surface area contributed by atoms with Gasteiger partial charge in [0.1, 0.15) is 6.04 Å². The molecule has 0 aromatic heterocycles. The lowest BCUT2D eigenvalue weighted by molar-refractivity contribution is -0.128. The van der Waals surface area contributed by atoms with Gasteiger partial charge in [-0.15, -0.1) is 0 Å². The minimum absolute atomic E-state index is 0.101. The van der Waals surface area contributed by atoms with E-state index in [0.717, 1.165) is 0 Å². The molecule has 1 N–H and O–H groups in total. The van der Waals surface area contributed by atoms with Crippen LogP contribution < -0.4 is 5.32 Å². The van der Waals surface area contributed by atoms with Crippen LogP contribution in [-0.4, -0.2) is 18.8 Å². The molecular weight excluding hydrogens is 107 g/mol. The van der Waals surface area contributed by atoms with Crippen LogP contribution in [0.25, 0.3) is 0 Å². The average molecular weight is 111 g/mol. The highest BCUT2D eigenvalue weighted by Gasteiger charge is 2.46. The Labute approximate surface area is 38.5 Å². The second-order valence-corrected chi connectivity index (χ2v) is 1.50. The normalized spacial score (nSPS) is 30.4. The van der Waals surface area contributed by atoms with Crippen LogP contribution in [0.1, 0.15) is 0 Å². The second-order valence-electron chi connectivity index (χ2n) is 1.50. The number of nitrogens with one attached hydrogen (secondary N) is 1. The maximum Gasteiger partial charge on any atom is 0.405 e. The van der Waals surface area contributed by atoms with Crippen molar-refractivity contribution in [1.82, 2.24) is 5.32 Å². The highest BCUT2D eigenvalue weighted by Crippen LogP contribution is 2.24. The van der Waals surface area contributed by atoms with Crippen molar-refractivity contribution >= 4 is 0 Å². The van der Waals surface area contributed by atoms with Gasteiger partial charge < -0.3 is 5.32 Å². The number of hydrogen-bond donors (Lipinski definition) is 1. The van der Waals surface area contributed by atoms with Crippen LogP contribution in [0, 0.1) is 0 Å². The quantitative estimate of drug-likeness (QED) is 0.452. The minimum Gasteiger partial charge on any atom is -0.303 e. The van der Waals surface area contributed by atoms with E-state index in [1.807, 2.05) is 0 Å². The molecule has 1 atom stereocenters. The molecule has 0 aromatic rings. The van der Waals surface area contributed by atoms with Crippen molar-refractivity contribution in [3.05, 3.63) is 0 Å². The van der Waals surface area contributed by atoms with Gasteiger partial charge >= 0.3 is 6.18 Å². The Morgan fingerprint density at radius 3 is 1.86 bits per heavy atom. The number of alkyl halides is 3. The SMILES string of the molecule is FC(F)(F)C1CN1. The Balaban J connectivity index is 2.36. The van der Waals surface area contributed by atoms with Gasteiger partial charge in [0.2, 0.25) is 0 Å². The molecule has 1 fully saturated rings. The fourth-order valence-electron chi connectivity index (χ4n) is 0.290. The molecule has 1 nitrogen and oxygen atoms in total. The summed E-state index contributed by atoms with van der Waals surface area (Å²) in [5, 5.41) is 2.15. The zero-order valence-electron chi connectivity index (χ0n) is 3.42. The molecule has 0 aliphatic carbocycles. The van der Waals surface area contributed by atoms with Crippen LogP contribution >= 0.6 is 0 Å². The zero-order chi connectivity index (χ0) is 5.49. The van der Waals surface area contributed by atoms with Gasteiger partial charge in [-0.2, -0.15) is 13.2 Å². The molecule has 1 unspecified atom stereocenters. The first-order valence-electron chi connectivity index (χ1n) is 1.91. The lowest BCUT2D eigenvalue weighted by Gasteiger charge is -1.98. The summed E-state index contributed by atoms with van der Waals surface area (Å²) < 4.78 is 33.5. The first-order chi connectivity index (χ1) is 3.11. The van der Waals surface area contributed by atoms with Crippen molar-refractivity contribution in [1.29, 1.82) is 0 Å². The predicted molar refractivity (Wildman–Crippen MR) is 17.8 cm³/mol. The Morgan fingerprint density at radius 2 is 1.86 bits per heavy atom.